The second-order valence-electron chi connectivity index (χ2n) is 6.63. The largest absolute Gasteiger partial charge is 0.352 e. The Kier molecular flexibility index (Phi) is 7.22. The number of thiophene rings is 1. The summed E-state index contributed by atoms with van der Waals surface area (Å²) in [5, 5.41) is 2.68. The first-order chi connectivity index (χ1) is 13.5. The third kappa shape index (κ3) is 5.65. The molecule has 2 aromatic rings. The van der Waals surface area contributed by atoms with Crippen molar-refractivity contribution in [2.24, 2.45) is 0 Å². The zero-order chi connectivity index (χ0) is 19.9. The number of aryl methyl sites for hydroxylation is 2. The number of amides is 3. The van der Waals surface area contributed by atoms with Crippen LogP contribution in [0.5, 0.6) is 0 Å². The topological polar surface area (TPSA) is 87.3 Å². The lowest BCUT2D eigenvalue weighted by Gasteiger charge is -2.07. The lowest BCUT2D eigenvalue weighted by atomic mass is 10.1. The molecule has 0 saturated carbocycles. The van der Waals surface area contributed by atoms with Crippen LogP contribution in [0.3, 0.4) is 0 Å². The third-order valence-corrected chi connectivity index (χ3v) is 6.29. The number of halogens is 1. The number of benzene rings is 1. The molecule has 3 amide bonds. The van der Waals surface area contributed by atoms with Gasteiger partial charge >= 0.3 is 0 Å². The summed E-state index contributed by atoms with van der Waals surface area (Å²) in [5.74, 6) is -0.905. The standard InChI is InChI=1S/C20H22BrN3O3S/c21-15-8-6-13(7-9-15)19(26)22-11-10-18(25)23-24-20(27)17-12-14-4-2-1-3-5-16(14)28-17/h6-9,12H,1-5,10-11H2,(H,22,26)(H,23,25)(H,24,27). The molecule has 0 saturated heterocycles. The van der Waals surface area contributed by atoms with Crippen LogP contribution < -0.4 is 16.2 Å². The van der Waals surface area contributed by atoms with E-state index in [0.717, 1.165) is 30.2 Å². The van der Waals surface area contributed by atoms with Gasteiger partial charge in [-0.3, -0.25) is 25.2 Å². The second-order valence-corrected chi connectivity index (χ2v) is 8.69. The van der Waals surface area contributed by atoms with Crippen molar-refractivity contribution in [1.82, 2.24) is 16.2 Å². The Morgan fingerprint density at radius 2 is 1.71 bits per heavy atom. The van der Waals surface area contributed by atoms with Crippen LogP contribution in [0, 0.1) is 0 Å². The Labute approximate surface area is 176 Å². The van der Waals surface area contributed by atoms with Gasteiger partial charge in [-0.05, 0) is 61.6 Å². The van der Waals surface area contributed by atoms with Crippen molar-refractivity contribution in [2.45, 2.75) is 38.5 Å². The molecule has 3 rings (SSSR count). The highest BCUT2D eigenvalue weighted by Gasteiger charge is 2.17. The molecule has 0 unspecified atom stereocenters. The van der Waals surface area contributed by atoms with E-state index in [2.05, 4.69) is 32.1 Å². The van der Waals surface area contributed by atoms with Crippen LogP contribution in [0.25, 0.3) is 0 Å². The summed E-state index contributed by atoms with van der Waals surface area (Å²) in [6.07, 6.45) is 5.67. The van der Waals surface area contributed by atoms with Gasteiger partial charge in [-0.25, -0.2) is 0 Å². The number of nitrogens with one attached hydrogen (secondary N) is 3. The average Bonchev–Trinajstić information content (AvgIpc) is 2.97. The average molecular weight is 464 g/mol. The molecule has 1 aliphatic rings. The Morgan fingerprint density at radius 1 is 0.964 bits per heavy atom. The van der Waals surface area contributed by atoms with E-state index in [4.69, 9.17) is 0 Å². The maximum absolute atomic E-state index is 12.3. The number of carbonyl (C=O) groups is 3. The van der Waals surface area contributed by atoms with Crippen molar-refractivity contribution < 1.29 is 14.4 Å². The fraction of sp³-hybridized carbons (Fsp3) is 0.350. The summed E-state index contributed by atoms with van der Waals surface area (Å²) in [7, 11) is 0. The summed E-state index contributed by atoms with van der Waals surface area (Å²) in [6, 6.07) is 8.89. The number of hydrazine groups is 1. The third-order valence-electron chi connectivity index (χ3n) is 4.53. The molecular formula is C20H22BrN3O3S. The van der Waals surface area contributed by atoms with Gasteiger partial charge in [0, 0.05) is 27.9 Å². The first-order valence-corrected chi connectivity index (χ1v) is 10.9. The zero-order valence-electron chi connectivity index (χ0n) is 15.3. The molecule has 1 aliphatic carbocycles. The van der Waals surface area contributed by atoms with Crippen molar-refractivity contribution in [3.63, 3.8) is 0 Å². The highest BCUT2D eigenvalue weighted by Crippen LogP contribution is 2.28. The van der Waals surface area contributed by atoms with Gasteiger partial charge < -0.3 is 5.32 Å². The van der Waals surface area contributed by atoms with Crippen LogP contribution in [0.4, 0.5) is 0 Å². The SMILES string of the molecule is O=C(CCNC(=O)c1ccc(Br)cc1)NNC(=O)c1cc2c(s1)CCCCC2. The highest BCUT2D eigenvalue weighted by molar-refractivity contribution is 9.10. The van der Waals surface area contributed by atoms with E-state index in [1.807, 2.05) is 6.07 Å². The quantitative estimate of drug-likeness (QED) is 0.469. The van der Waals surface area contributed by atoms with Crippen molar-refractivity contribution in [3.8, 4) is 0 Å². The van der Waals surface area contributed by atoms with Crippen LogP contribution in [0.2, 0.25) is 0 Å². The molecule has 0 spiro atoms. The minimum Gasteiger partial charge on any atom is -0.352 e. The van der Waals surface area contributed by atoms with E-state index >= 15 is 0 Å². The highest BCUT2D eigenvalue weighted by atomic mass is 79.9. The summed E-state index contributed by atoms with van der Waals surface area (Å²) >= 11 is 4.82. The van der Waals surface area contributed by atoms with Crippen LogP contribution >= 0.6 is 27.3 Å². The van der Waals surface area contributed by atoms with Gasteiger partial charge in [-0.2, -0.15) is 0 Å². The lowest BCUT2D eigenvalue weighted by molar-refractivity contribution is -0.121. The molecule has 1 aromatic heterocycles. The normalized spacial score (nSPS) is 13.2. The predicted octanol–water partition coefficient (Wildman–Crippen LogP) is 3.36. The summed E-state index contributed by atoms with van der Waals surface area (Å²) < 4.78 is 0.890. The molecule has 0 bridgehead atoms. The Balaban J connectivity index is 1.40. The Hall–Kier alpha value is -2.19. The molecule has 6 nitrogen and oxygen atoms in total. The van der Waals surface area contributed by atoms with Gasteiger partial charge in [-0.15, -0.1) is 11.3 Å². The van der Waals surface area contributed by atoms with E-state index in [-0.39, 0.29) is 30.7 Å². The molecule has 0 radical (unpaired) electrons. The number of fused-ring (bicyclic) bond motifs is 1. The maximum Gasteiger partial charge on any atom is 0.279 e. The Bertz CT molecular complexity index is 841. The molecule has 0 fully saturated rings. The van der Waals surface area contributed by atoms with Gasteiger partial charge in [0.2, 0.25) is 5.91 Å². The first kappa shape index (κ1) is 20.5. The number of carbonyl (C=O) groups excluding carboxylic acids is 3. The lowest BCUT2D eigenvalue weighted by Crippen LogP contribution is -2.42. The summed E-state index contributed by atoms with van der Waals surface area (Å²) in [4.78, 5) is 38.0. The van der Waals surface area contributed by atoms with Crippen LogP contribution in [0.1, 0.15) is 56.2 Å². The van der Waals surface area contributed by atoms with Crippen molar-refractivity contribution in [2.75, 3.05) is 6.54 Å². The molecule has 0 atom stereocenters. The van der Waals surface area contributed by atoms with E-state index in [0.29, 0.717) is 10.4 Å². The van der Waals surface area contributed by atoms with E-state index in [1.165, 1.54) is 28.2 Å². The van der Waals surface area contributed by atoms with Crippen LogP contribution in [0.15, 0.2) is 34.8 Å². The predicted molar refractivity (Wildman–Crippen MR) is 112 cm³/mol. The van der Waals surface area contributed by atoms with Gasteiger partial charge in [0.05, 0.1) is 4.88 Å². The Morgan fingerprint density at radius 3 is 2.50 bits per heavy atom. The fourth-order valence-electron chi connectivity index (χ4n) is 3.02. The molecule has 8 heteroatoms. The van der Waals surface area contributed by atoms with Gasteiger partial charge in [-0.1, -0.05) is 22.4 Å². The number of hydrogen-bond donors (Lipinski definition) is 3. The van der Waals surface area contributed by atoms with Gasteiger partial charge in [0.15, 0.2) is 0 Å². The molecule has 1 aromatic carbocycles. The molecule has 3 N–H and O–H groups in total. The summed E-state index contributed by atoms with van der Waals surface area (Å²) in [5.41, 5.74) is 6.64. The first-order valence-electron chi connectivity index (χ1n) is 9.27. The van der Waals surface area contributed by atoms with E-state index < -0.39 is 0 Å². The second kappa shape index (κ2) is 9.84. The fourth-order valence-corrected chi connectivity index (χ4v) is 4.44. The van der Waals surface area contributed by atoms with Crippen LogP contribution in [-0.4, -0.2) is 24.3 Å². The molecule has 148 valence electrons. The number of hydrogen-bond acceptors (Lipinski definition) is 4. The van der Waals surface area contributed by atoms with Crippen molar-refractivity contribution in [1.29, 1.82) is 0 Å². The molecule has 1 heterocycles. The number of rotatable bonds is 5. The van der Waals surface area contributed by atoms with E-state index in [1.54, 1.807) is 24.3 Å². The van der Waals surface area contributed by atoms with Crippen LogP contribution in [-0.2, 0) is 17.6 Å². The maximum atomic E-state index is 12.3. The van der Waals surface area contributed by atoms with Gasteiger partial charge in [0.1, 0.15) is 0 Å². The summed E-state index contributed by atoms with van der Waals surface area (Å²) in [6.45, 7) is 0.184. The van der Waals surface area contributed by atoms with Crippen molar-refractivity contribution in [3.05, 3.63) is 55.7 Å². The smallest absolute Gasteiger partial charge is 0.279 e. The minimum atomic E-state index is -0.359. The van der Waals surface area contributed by atoms with E-state index in [9.17, 15) is 14.4 Å². The molecular weight excluding hydrogens is 442 g/mol. The molecule has 0 aliphatic heterocycles. The molecule has 28 heavy (non-hydrogen) atoms. The zero-order valence-corrected chi connectivity index (χ0v) is 17.7. The monoisotopic (exact) mass is 463 g/mol. The van der Waals surface area contributed by atoms with Gasteiger partial charge in [0.25, 0.3) is 11.8 Å². The van der Waals surface area contributed by atoms with Crippen molar-refractivity contribution >= 4 is 45.0 Å². The minimum absolute atomic E-state index is 0.0729.